The molecule has 0 saturated carbocycles. The molecule has 4 rings (SSSR count). The van der Waals surface area contributed by atoms with E-state index in [2.05, 4.69) is 11.4 Å². The smallest absolute Gasteiger partial charge is 0.335 e. The molecule has 2 unspecified atom stereocenters. The van der Waals surface area contributed by atoms with E-state index in [1.807, 2.05) is 37.3 Å². The molecule has 172 valence electrons. The molecule has 0 amide bonds. The first-order chi connectivity index (χ1) is 16.0. The highest BCUT2D eigenvalue weighted by Gasteiger charge is 2.30. The molecule has 5 nitrogen and oxygen atoms in total. The molecule has 1 aliphatic heterocycles. The highest BCUT2D eigenvalue weighted by molar-refractivity contribution is 5.89. The fourth-order valence-electron chi connectivity index (χ4n) is 4.53. The zero-order chi connectivity index (χ0) is 23.4. The van der Waals surface area contributed by atoms with Crippen LogP contribution in [0, 0.1) is 12.7 Å². The van der Waals surface area contributed by atoms with Crippen molar-refractivity contribution in [3.05, 3.63) is 94.3 Å². The molecule has 0 saturated heterocycles. The molecular formula is C27H28FNO4. The zero-order valence-electron chi connectivity index (χ0n) is 18.8. The molecule has 2 atom stereocenters. The number of para-hydroxylation sites is 1. The van der Waals surface area contributed by atoms with Gasteiger partial charge in [0.1, 0.15) is 11.9 Å². The summed E-state index contributed by atoms with van der Waals surface area (Å²) in [4.78, 5) is 11.7. The van der Waals surface area contributed by atoms with E-state index in [1.165, 1.54) is 13.2 Å². The Balaban J connectivity index is 1.46. The van der Waals surface area contributed by atoms with Crippen LogP contribution in [-0.4, -0.2) is 37.4 Å². The van der Waals surface area contributed by atoms with Crippen molar-refractivity contribution >= 4 is 5.97 Å². The van der Waals surface area contributed by atoms with Gasteiger partial charge in [0.15, 0.2) is 11.6 Å². The van der Waals surface area contributed by atoms with Crippen molar-refractivity contribution in [2.75, 3.05) is 20.2 Å². The van der Waals surface area contributed by atoms with E-state index < -0.39 is 5.97 Å². The zero-order valence-corrected chi connectivity index (χ0v) is 18.8. The van der Waals surface area contributed by atoms with Gasteiger partial charge in [-0.15, -0.1) is 0 Å². The maximum atomic E-state index is 13.6. The van der Waals surface area contributed by atoms with Gasteiger partial charge in [0.05, 0.1) is 12.7 Å². The number of methoxy groups -OCH3 is 1. The molecule has 3 aromatic carbocycles. The van der Waals surface area contributed by atoms with Gasteiger partial charge in [0.2, 0.25) is 0 Å². The topological polar surface area (TPSA) is 67.8 Å². The lowest BCUT2D eigenvalue weighted by molar-refractivity contribution is 0.0696. The minimum absolute atomic E-state index is 0.0551. The van der Waals surface area contributed by atoms with E-state index in [0.29, 0.717) is 18.7 Å². The number of carboxylic acids is 1. The van der Waals surface area contributed by atoms with Crippen molar-refractivity contribution in [3.8, 4) is 11.5 Å². The molecule has 0 fully saturated rings. The predicted octanol–water partition coefficient (Wildman–Crippen LogP) is 4.96. The maximum absolute atomic E-state index is 13.6. The SMILES string of the molecule is COc1cc(CCNCC2CC(c3cccc(C(=O)O)c3C)c3ccccc3O2)ccc1F. The van der Waals surface area contributed by atoms with E-state index >= 15 is 0 Å². The number of carbonyl (C=O) groups is 1. The number of aromatic carboxylic acids is 1. The third kappa shape index (κ3) is 5.01. The summed E-state index contributed by atoms with van der Waals surface area (Å²) in [5, 5.41) is 13.0. The summed E-state index contributed by atoms with van der Waals surface area (Å²) in [6.45, 7) is 3.25. The van der Waals surface area contributed by atoms with Gasteiger partial charge in [0.25, 0.3) is 0 Å². The quantitative estimate of drug-likeness (QED) is 0.476. The Labute approximate surface area is 193 Å². The Morgan fingerprint density at radius 2 is 1.94 bits per heavy atom. The van der Waals surface area contributed by atoms with Crippen molar-refractivity contribution in [2.24, 2.45) is 0 Å². The molecule has 3 aromatic rings. The van der Waals surface area contributed by atoms with Crippen LogP contribution >= 0.6 is 0 Å². The van der Waals surface area contributed by atoms with Crippen LogP contribution in [0.15, 0.2) is 60.7 Å². The van der Waals surface area contributed by atoms with Gasteiger partial charge in [-0.2, -0.15) is 0 Å². The third-order valence-corrected chi connectivity index (χ3v) is 6.25. The molecule has 0 aromatic heterocycles. The number of ether oxygens (including phenoxy) is 2. The van der Waals surface area contributed by atoms with Crippen LogP contribution in [-0.2, 0) is 6.42 Å². The van der Waals surface area contributed by atoms with Crippen LogP contribution in [0.1, 0.15) is 45.0 Å². The standard InChI is InChI=1S/C27H28FNO4/c1-17-20(7-5-8-21(17)27(30)31)23-15-19(33-25-9-4-3-6-22(23)25)16-29-13-12-18-10-11-24(28)26(14-18)32-2/h3-11,14,19,23,29H,12-13,15-16H2,1-2H3,(H,30,31). The van der Waals surface area contributed by atoms with E-state index in [-0.39, 0.29) is 23.6 Å². The Morgan fingerprint density at radius 3 is 2.73 bits per heavy atom. The van der Waals surface area contributed by atoms with Gasteiger partial charge in [-0.1, -0.05) is 36.4 Å². The minimum atomic E-state index is -0.912. The fraction of sp³-hybridized carbons (Fsp3) is 0.296. The van der Waals surface area contributed by atoms with E-state index in [4.69, 9.17) is 9.47 Å². The number of nitrogens with one attached hydrogen (secondary N) is 1. The second-order valence-corrected chi connectivity index (χ2v) is 8.31. The predicted molar refractivity (Wildman–Crippen MR) is 125 cm³/mol. The van der Waals surface area contributed by atoms with E-state index in [0.717, 1.165) is 40.8 Å². The summed E-state index contributed by atoms with van der Waals surface area (Å²) in [7, 11) is 1.46. The number of hydrogen-bond acceptors (Lipinski definition) is 4. The van der Waals surface area contributed by atoms with Crippen LogP contribution < -0.4 is 14.8 Å². The average Bonchev–Trinajstić information content (AvgIpc) is 2.82. The Morgan fingerprint density at radius 1 is 1.15 bits per heavy atom. The summed E-state index contributed by atoms with van der Waals surface area (Å²) in [5.41, 5.74) is 4.23. The molecule has 1 heterocycles. The van der Waals surface area contributed by atoms with Crippen molar-refractivity contribution in [1.82, 2.24) is 5.32 Å². The third-order valence-electron chi connectivity index (χ3n) is 6.25. The minimum Gasteiger partial charge on any atom is -0.494 e. The maximum Gasteiger partial charge on any atom is 0.335 e. The summed E-state index contributed by atoms with van der Waals surface area (Å²) in [6.07, 6.45) is 1.43. The summed E-state index contributed by atoms with van der Waals surface area (Å²) in [6, 6.07) is 18.3. The van der Waals surface area contributed by atoms with Gasteiger partial charge in [-0.25, -0.2) is 9.18 Å². The lowest BCUT2D eigenvalue weighted by Crippen LogP contribution is -2.36. The molecule has 1 aliphatic rings. The van der Waals surface area contributed by atoms with Crippen molar-refractivity contribution in [3.63, 3.8) is 0 Å². The Bertz CT molecular complexity index is 1150. The van der Waals surface area contributed by atoms with Gasteiger partial charge < -0.3 is 19.9 Å². The van der Waals surface area contributed by atoms with Crippen LogP contribution in [0.4, 0.5) is 4.39 Å². The first kappa shape index (κ1) is 22.8. The van der Waals surface area contributed by atoms with Gasteiger partial charge in [-0.3, -0.25) is 0 Å². The summed E-state index contributed by atoms with van der Waals surface area (Å²) < 4.78 is 24.9. The van der Waals surface area contributed by atoms with Crippen molar-refractivity contribution < 1.29 is 23.8 Å². The van der Waals surface area contributed by atoms with Gasteiger partial charge in [0, 0.05) is 18.0 Å². The highest BCUT2D eigenvalue weighted by atomic mass is 19.1. The van der Waals surface area contributed by atoms with Crippen LogP contribution in [0.3, 0.4) is 0 Å². The summed E-state index contributed by atoms with van der Waals surface area (Å²) >= 11 is 0. The number of fused-ring (bicyclic) bond motifs is 1. The van der Waals surface area contributed by atoms with Crippen LogP contribution in [0.25, 0.3) is 0 Å². The van der Waals surface area contributed by atoms with Gasteiger partial charge in [-0.05, 0) is 67.3 Å². The molecule has 33 heavy (non-hydrogen) atoms. The number of halogens is 1. The lowest BCUT2D eigenvalue weighted by Gasteiger charge is -2.33. The molecule has 0 bridgehead atoms. The summed E-state index contributed by atoms with van der Waals surface area (Å²) in [5.74, 6) is -0.130. The lowest BCUT2D eigenvalue weighted by atomic mass is 9.81. The molecule has 0 aliphatic carbocycles. The molecule has 2 N–H and O–H groups in total. The van der Waals surface area contributed by atoms with Crippen molar-refractivity contribution in [1.29, 1.82) is 0 Å². The number of benzene rings is 3. The first-order valence-corrected chi connectivity index (χ1v) is 11.1. The van der Waals surface area contributed by atoms with E-state index in [1.54, 1.807) is 18.2 Å². The molecule has 6 heteroatoms. The van der Waals surface area contributed by atoms with Gasteiger partial charge >= 0.3 is 5.97 Å². The number of rotatable bonds is 8. The highest BCUT2D eigenvalue weighted by Crippen LogP contribution is 2.41. The van der Waals surface area contributed by atoms with E-state index in [9.17, 15) is 14.3 Å². The normalized spacial score (nSPS) is 17.2. The second-order valence-electron chi connectivity index (χ2n) is 8.31. The van der Waals surface area contributed by atoms with Crippen LogP contribution in [0.5, 0.6) is 11.5 Å². The average molecular weight is 450 g/mol. The Hall–Kier alpha value is -3.38. The largest absolute Gasteiger partial charge is 0.494 e. The molecular weight excluding hydrogens is 421 g/mol. The second kappa shape index (κ2) is 10.0. The Kier molecular flexibility index (Phi) is 6.94. The first-order valence-electron chi connectivity index (χ1n) is 11.1. The number of hydrogen-bond donors (Lipinski definition) is 2. The van der Waals surface area contributed by atoms with Crippen LogP contribution in [0.2, 0.25) is 0 Å². The number of carboxylic acid groups (broad SMARTS) is 1. The fourth-order valence-corrected chi connectivity index (χ4v) is 4.53. The molecule has 0 spiro atoms. The molecule has 0 radical (unpaired) electrons. The van der Waals surface area contributed by atoms with Crippen molar-refractivity contribution in [2.45, 2.75) is 31.8 Å². The monoisotopic (exact) mass is 449 g/mol.